The van der Waals surface area contributed by atoms with E-state index in [1.165, 1.54) is 0 Å². The van der Waals surface area contributed by atoms with E-state index in [0.717, 1.165) is 18.4 Å². The molecule has 0 aromatic heterocycles. The molecule has 2 aliphatic rings. The molecule has 0 amide bonds. The Morgan fingerprint density at radius 1 is 1.55 bits per heavy atom. The van der Waals surface area contributed by atoms with Crippen molar-refractivity contribution in [3.8, 4) is 17.6 Å². The van der Waals surface area contributed by atoms with E-state index in [1.807, 2.05) is 12.1 Å². The number of rotatable bonds is 5. The van der Waals surface area contributed by atoms with E-state index in [4.69, 9.17) is 19.8 Å². The fourth-order valence-corrected chi connectivity index (χ4v) is 2.39. The molecule has 0 saturated heterocycles. The lowest BCUT2D eigenvalue weighted by molar-refractivity contribution is -0.144. The van der Waals surface area contributed by atoms with Crippen molar-refractivity contribution in [1.82, 2.24) is 0 Å². The third kappa shape index (κ3) is 2.42. The maximum atomic E-state index is 10.9. The van der Waals surface area contributed by atoms with Crippen LogP contribution in [0.5, 0.6) is 11.5 Å². The summed E-state index contributed by atoms with van der Waals surface area (Å²) >= 11 is 0. The number of carboxylic acids is 1. The molecule has 1 saturated carbocycles. The Morgan fingerprint density at radius 2 is 2.35 bits per heavy atom. The van der Waals surface area contributed by atoms with Gasteiger partial charge in [0.2, 0.25) is 0 Å². The first-order chi connectivity index (χ1) is 9.62. The lowest BCUT2D eigenvalue weighted by atomic mass is 10.1. The fourth-order valence-electron chi connectivity index (χ4n) is 2.39. The summed E-state index contributed by atoms with van der Waals surface area (Å²) in [5.41, 5.74) is 0.918. The van der Waals surface area contributed by atoms with Gasteiger partial charge in [-0.1, -0.05) is 6.07 Å². The van der Waals surface area contributed by atoms with Crippen LogP contribution in [-0.4, -0.2) is 23.8 Å². The zero-order valence-corrected chi connectivity index (χ0v) is 11.0. The van der Waals surface area contributed by atoms with Gasteiger partial charge < -0.3 is 14.6 Å². The molecular weight excluding hydrogens is 258 g/mol. The number of fused-ring (bicyclic) bond motifs is 1. The molecular formula is C15H15NO4. The van der Waals surface area contributed by atoms with Crippen LogP contribution in [0.2, 0.25) is 0 Å². The van der Waals surface area contributed by atoms with Crippen molar-refractivity contribution in [2.75, 3.05) is 6.61 Å². The number of nitriles is 1. The lowest BCUT2D eigenvalue weighted by Gasteiger charge is -2.13. The van der Waals surface area contributed by atoms with Gasteiger partial charge in [0.15, 0.2) is 6.10 Å². The first-order valence-corrected chi connectivity index (χ1v) is 6.64. The van der Waals surface area contributed by atoms with Gasteiger partial charge in [0.1, 0.15) is 11.5 Å². The molecule has 1 aromatic rings. The molecule has 1 heterocycles. The highest BCUT2D eigenvalue weighted by Gasteiger charge is 2.43. The molecule has 0 bridgehead atoms. The second-order valence-corrected chi connectivity index (χ2v) is 5.54. The number of benzene rings is 1. The Bertz CT molecular complexity index is 586. The van der Waals surface area contributed by atoms with Gasteiger partial charge >= 0.3 is 5.97 Å². The number of carboxylic acid groups (broad SMARTS) is 1. The molecule has 5 heteroatoms. The molecule has 104 valence electrons. The van der Waals surface area contributed by atoms with Crippen LogP contribution in [-0.2, 0) is 11.2 Å². The summed E-state index contributed by atoms with van der Waals surface area (Å²) < 4.78 is 11.1. The molecule has 1 aliphatic carbocycles. The molecule has 3 rings (SSSR count). The normalized spacial score (nSPS) is 21.4. The molecule has 0 radical (unpaired) electrons. The Morgan fingerprint density at radius 3 is 3.00 bits per heavy atom. The third-order valence-electron chi connectivity index (χ3n) is 3.94. The van der Waals surface area contributed by atoms with E-state index in [9.17, 15) is 4.79 Å². The van der Waals surface area contributed by atoms with Crippen molar-refractivity contribution in [2.45, 2.75) is 31.8 Å². The van der Waals surface area contributed by atoms with Gasteiger partial charge in [-0.15, -0.1) is 0 Å². The van der Waals surface area contributed by atoms with E-state index >= 15 is 0 Å². The summed E-state index contributed by atoms with van der Waals surface area (Å²) in [6.07, 6.45) is 2.18. The molecule has 1 aliphatic heterocycles. The fraction of sp³-hybridized carbons (Fsp3) is 0.467. The molecule has 1 N–H and O–H groups in total. The number of nitrogens with zero attached hydrogens (tertiary/aromatic N) is 1. The van der Waals surface area contributed by atoms with Crippen molar-refractivity contribution in [3.63, 3.8) is 0 Å². The van der Waals surface area contributed by atoms with Crippen LogP contribution in [0.1, 0.15) is 24.8 Å². The van der Waals surface area contributed by atoms with Crippen LogP contribution < -0.4 is 9.47 Å². The topological polar surface area (TPSA) is 79.5 Å². The highest BCUT2D eigenvalue weighted by Crippen LogP contribution is 2.48. The van der Waals surface area contributed by atoms with Crippen LogP contribution >= 0.6 is 0 Å². The highest BCUT2D eigenvalue weighted by molar-refractivity contribution is 5.74. The Balaban J connectivity index is 1.65. The molecule has 1 aromatic carbocycles. The summed E-state index contributed by atoms with van der Waals surface area (Å²) in [4.78, 5) is 10.9. The second kappa shape index (κ2) is 4.71. The lowest BCUT2D eigenvalue weighted by Crippen LogP contribution is -2.24. The number of hydrogen-bond acceptors (Lipinski definition) is 4. The van der Waals surface area contributed by atoms with Crippen LogP contribution in [0.15, 0.2) is 18.2 Å². The zero-order valence-electron chi connectivity index (χ0n) is 11.0. The van der Waals surface area contributed by atoms with Crippen LogP contribution in [0.4, 0.5) is 0 Å². The summed E-state index contributed by atoms with van der Waals surface area (Å²) in [5, 5.41) is 17.7. The highest BCUT2D eigenvalue weighted by atomic mass is 16.5. The minimum atomic E-state index is -0.949. The van der Waals surface area contributed by atoms with Crippen molar-refractivity contribution in [3.05, 3.63) is 23.8 Å². The van der Waals surface area contributed by atoms with E-state index < -0.39 is 12.1 Å². The zero-order chi connectivity index (χ0) is 14.2. The predicted octanol–water partition coefficient (Wildman–Crippen LogP) is 2.15. The smallest absolute Gasteiger partial charge is 0.345 e. The van der Waals surface area contributed by atoms with E-state index in [0.29, 0.717) is 30.9 Å². The first-order valence-electron chi connectivity index (χ1n) is 6.64. The average Bonchev–Trinajstić information content (AvgIpc) is 3.05. The molecule has 1 fully saturated rings. The number of ether oxygens (including phenoxy) is 2. The molecule has 5 nitrogen and oxygen atoms in total. The van der Waals surface area contributed by atoms with Gasteiger partial charge in [0.05, 0.1) is 12.7 Å². The van der Waals surface area contributed by atoms with Crippen molar-refractivity contribution >= 4 is 5.97 Å². The Kier molecular flexibility index (Phi) is 3.01. The van der Waals surface area contributed by atoms with Crippen molar-refractivity contribution in [1.29, 1.82) is 5.26 Å². The summed E-state index contributed by atoms with van der Waals surface area (Å²) in [6, 6.07) is 7.61. The molecule has 1 atom stereocenters. The minimum Gasteiger partial charge on any atom is -0.493 e. The molecule has 0 spiro atoms. The maximum absolute atomic E-state index is 10.9. The molecule has 1 unspecified atom stereocenters. The van der Waals surface area contributed by atoms with Gasteiger partial charge in [0, 0.05) is 24.3 Å². The monoisotopic (exact) mass is 273 g/mol. The average molecular weight is 273 g/mol. The second-order valence-electron chi connectivity index (χ2n) is 5.54. The van der Waals surface area contributed by atoms with Gasteiger partial charge in [-0.25, -0.2) is 4.79 Å². The number of carbonyl (C=O) groups is 1. The Labute approximate surface area is 116 Å². The number of hydrogen-bond donors (Lipinski definition) is 1. The van der Waals surface area contributed by atoms with Gasteiger partial charge in [-0.3, -0.25) is 0 Å². The van der Waals surface area contributed by atoms with Crippen LogP contribution in [0.3, 0.4) is 0 Å². The van der Waals surface area contributed by atoms with Gasteiger partial charge in [0.25, 0.3) is 0 Å². The van der Waals surface area contributed by atoms with Crippen molar-refractivity contribution in [2.24, 2.45) is 5.41 Å². The SMILES string of the molecule is N#CCC1(COc2ccc3c(c2)OC(C(=O)O)C3)CC1. The van der Waals surface area contributed by atoms with Crippen molar-refractivity contribution < 1.29 is 19.4 Å². The van der Waals surface area contributed by atoms with E-state index in [2.05, 4.69) is 6.07 Å². The quantitative estimate of drug-likeness (QED) is 0.889. The van der Waals surface area contributed by atoms with E-state index in [-0.39, 0.29) is 5.41 Å². The van der Waals surface area contributed by atoms with Crippen LogP contribution in [0, 0.1) is 16.7 Å². The summed E-state index contributed by atoms with van der Waals surface area (Å²) in [5.74, 6) is 0.300. The summed E-state index contributed by atoms with van der Waals surface area (Å²) in [6.45, 7) is 0.529. The first kappa shape index (κ1) is 12.8. The maximum Gasteiger partial charge on any atom is 0.345 e. The van der Waals surface area contributed by atoms with Gasteiger partial charge in [-0.05, 0) is 24.5 Å². The van der Waals surface area contributed by atoms with Crippen LogP contribution in [0.25, 0.3) is 0 Å². The number of aliphatic carboxylic acids is 1. The third-order valence-corrected chi connectivity index (χ3v) is 3.94. The predicted molar refractivity (Wildman–Crippen MR) is 69.6 cm³/mol. The standard InChI is InChI=1S/C15H15NO4/c16-6-5-15(3-4-15)9-19-11-2-1-10-7-13(14(17)18)20-12(10)8-11/h1-2,8,13H,3-5,7,9H2,(H,17,18). The summed E-state index contributed by atoms with van der Waals surface area (Å²) in [7, 11) is 0. The Hall–Kier alpha value is -2.22. The molecule has 20 heavy (non-hydrogen) atoms. The van der Waals surface area contributed by atoms with E-state index in [1.54, 1.807) is 6.07 Å². The minimum absolute atomic E-state index is 0.0260. The van der Waals surface area contributed by atoms with Gasteiger partial charge in [-0.2, -0.15) is 5.26 Å². The largest absolute Gasteiger partial charge is 0.493 e.